The molecule has 0 aliphatic carbocycles. The molecule has 0 saturated carbocycles. The molecule has 122 valence electrons. The van der Waals surface area contributed by atoms with Crippen LogP contribution in [0, 0.1) is 5.92 Å². The van der Waals surface area contributed by atoms with Crippen molar-refractivity contribution in [3.8, 4) is 0 Å². The van der Waals surface area contributed by atoms with Gasteiger partial charge in [-0.15, -0.1) is 0 Å². The number of hydrogen-bond acceptors (Lipinski definition) is 4. The quantitative estimate of drug-likeness (QED) is 0.743. The third-order valence-electron chi connectivity index (χ3n) is 4.30. The average Bonchev–Trinajstić information content (AvgIpc) is 2.49. The third kappa shape index (κ3) is 5.57. The van der Waals surface area contributed by atoms with Gasteiger partial charge in [0.15, 0.2) is 0 Å². The molecule has 5 nitrogen and oxygen atoms in total. The lowest BCUT2D eigenvalue weighted by Crippen LogP contribution is -2.48. The van der Waals surface area contributed by atoms with E-state index in [9.17, 15) is 4.79 Å². The molecule has 0 aromatic carbocycles. The molecule has 5 heteroatoms. The fourth-order valence-corrected chi connectivity index (χ4v) is 3.05. The van der Waals surface area contributed by atoms with Crippen molar-refractivity contribution in [2.75, 3.05) is 52.6 Å². The molecule has 0 radical (unpaired) electrons. The van der Waals surface area contributed by atoms with Crippen molar-refractivity contribution in [2.24, 2.45) is 5.92 Å². The summed E-state index contributed by atoms with van der Waals surface area (Å²) >= 11 is 0. The van der Waals surface area contributed by atoms with Gasteiger partial charge in [0, 0.05) is 51.9 Å². The second-order valence-corrected chi connectivity index (χ2v) is 6.48. The second-order valence-electron chi connectivity index (χ2n) is 6.48. The number of amides is 1. The molecular weight excluding hydrogens is 268 g/mol. The largest absolute Gasteiger partial charge is 0.381 e. The Morgan fingerprint density at radius 3 is 2.38 bits per heavy atom. The van der Waals surface area contributed by atoms with Crippen LogP contribution in [-0.4, -0.2) is 74.4 Å². The Hall–Kier alpha value is -0.650. The average molecular weight is 298 g/mol. The van der Waals surface area contributed by atoms with Gasteiger partial charge in [0.25, 0.3) is 0 Å². The van der Waals surface area contributed by atoms with Crippen molar-refractivity contribution >= 4 is 5.91 Å². The van der Waals surface area contributed by atoms with E-state index in [1.807, 2.05) is 0 Å². The van der Waals surface area contributed by atoms with Gasteiger partial charge in [0.05, 0.1) is 13.2 Å². The molecule has 0 atom stereocenters. The van der Waals surface area contributed by atoms with Crippen LogP contribution in [0.2, 0.25) is 0 Å². The molecule has 2 fully saturated rings. The molecule has 0 N–H and O–H groups in total. The smallest absolute Gasteiger partial charge is 0.223 e. The summed E-state index contributed by atoms with van der Waals surface area (Å²) in [7, 11) is 0. The number of carbonyl (C=O) groups is 1. The number of hydrogen-bond donors (Lipinski definition) is 0. The van der Waals surface area contributed by atoms with Gasteiger partial charge in [-0.2, -0.15) is 0 Å². The highest BCUT2D eigenvalue weighted by atomic mass is 16.5. The molecular formula is C16H30N2O3. The lowest BCUT2D eigenvalue weighted by Gasteiger charge is -2.37. The summed E-state index contributed by atoms with van der Waals surface area (Å²) in [6, 6.07) is 0.367. The minimum absolute atomic E-state index is 0.310. The summed E-state index contributed by atoms with van der Waals surface area (Å²) in [5, 5.41) is 0. The monoisotopic (exact) mass is 298 g/mol. The van der Waals surface area contributed by atoms with E-state index in [4.69, 9.17) is 9.47 Å². The molecule has 0 aromatic heterocycles. The van der Waals surface area contributed by atoms with Crippen molar-refractivity contribution < 1.29 is 14.3 Å². The number of ether oxygens (including phenoxy) is 2. The molecule has 21 heavy (non-hydrogen) atoms. The van der Waals surface area contributed by atoms with Crippen LogP contribution in [0.15, 0.2) is 0 Å². The number of morpholine rings is 1. The molecule has 2 rings (SSSR count). The van der Waals surface area contributed by atoms with E-state index in [2.05, 4.69) is 23.6 Å². The maximum atomic E-state index is 12.6. The Balaban J connectivity index is 1.88. The van der Waals surface area contributed by atoms with E-state index in [0.29, 0.717) is 24.3 Å². The van der Waals surface area contributed by atoms with Crippen molar-refractivity contribution in [1.82, 2.24) is 9.80 Å². The van der Waals surface area contributed by atoms with Crippen LogP contribution in [-0.2, 0) is 14.3 Å². The zero-order chi connectivity index (χ0) is 15.1. The molecule has 2 saturated heterocycles. The van der Waals surface area contributed by atoms with Crippen LogP contribution in [0.5, 0.6) is 0 Å². The van der Waals surface area contributed by atoms with Gasteiger partial charge in [0.1, 0.15) is 0 Å². The van der Waals surface area contributed by atoms with E-state index >= 15 is 0 Å². The molecule has 0 spiro atoms. The first-order chi connectivity index (χ1) is 10.2. The van der Waals surface area contributed by atoms with E-state index in [-0.39, 0.29) is 0 Å². The van der Waals surface area contributed by atoms with E-state index in [0.717, 1.165) is 65.4 Å². The standard InChI is InChI=1S/C16H30N2O3/c1-14(2)13-16(19)18(15-3-9-20-10-4-15)6-5-17-7-11-21-12-8-17/h14-15H,3-13H2,1-2H3. The first-order valence-electron chi connectivity index (χ1n) is 8.34. The summed E-state index contributed by atoms with van der Waals surface area (Å²) in [6.07, 6.45) is 2.61. The molecule has 2 aliphatic rings. The van der Waals surface area contributed by atoms with Gasteiger partial charge in [-0.25, -0.2) is 0 Å². The van der Waals surface area contributed by atoms with Gasteiger partial charge in [0.2, 0.25) is 5.91 Å². The molecule has 0 unspecified atom stereocenters. The Labute approximate surface area is 128 Å². The van der Waals surface area contributed by atoms with Crippen LogP contribution >= 0.6 is 0 Å². The van der Waals surface area contributed by atoms with Crippen LogP contribution in [0.1, 0.15) is 33.1 Å². The van der Waals surface area contributed by atoms with Gasteiger partial charge in [-0.1, -0.05) is 13.8 Å². The van der Waals surface area contributed by atoms with Gasteiger partial charge in [-0.3, -0.25) is 9.69 Å². The normalized spacial score (nSPS) is 21.7. The first-order valence-corrected chi connectivity index (χ1v) is 8.34. The minimum atomic E-state index is 0.310. The van der Waals surface area contributed by atoms with Gasteiger partial charge >= 0.3 is 0 Å². The van der Waals surface area contributed by atoms with E-state index < -0.39 is 0 Å². The van der Waals surface area contributed by atoms with Crippen LogP contribution in [0.25, 0.3) is 0 Å². The number of nitrogens with zero attached hydrogens (tertiary/aromatic N) is 2. The molecule has 0 bridgehead atoms. The van der Waals surface area contributed by atoms with Gasteiger partial charge in [-0.05, 0) is 18.8 Å². The minimum Gasteiger partial charge on any atom is -0.381 e. The summed E-state index contributed by atoms with van der Waals surface area (Å²) in [5.74, 6) is 0.730. The molecule has 2 heterocycles. The van der Waals surface area contributed by atoms with Crippen molar-refractivity contribution in [2.45, 2.75) is 39.2 Å². The fourth-order valence-electron chi connectivity index (χ4n) is 3.05. The Bertz CT molecular complexity index is 311. The SMILES string of the molecule is CC(C)CC(=O)N(CCN1CCOCC1)C1CCOCC1. The fraction of sp³-hybridized carbons (Fsp3) is 0.938. The first kappa shape index (κ1) is 16.7. The summed E-state index contributed by atoms with van der Waals surface area (Å²) in [5.41, 5.74) is 0. The van der Waals surface area contributed by atoms with Crippen molar-refractivity contribution in [3.63, 3.8) is 0 Å². The van der Waals surface area contributed by atoms with Crippen LogP contribution in [0.3, 0.4) is 0 Å². The topological polar surface area (TPSA) is 42.0 Å². The summed E-state index contributed by atoms with van der Waals surface area (Å²) in [4.78, 5) is 17.1. The maximum absolute atomic E-state index is 12.6. The molecule has 2 aliphatic heterocycles. The van der Waals surface area contributed by atoms with Crippen molar-refractivity contribution in [1.29, 1.82) is 0 Å². The maximum Gasteiger partial charge on any atom is 0.223 e. The predicted molar refractivity (Wildman–Crippen MR) is 82.3 cm³/mol. The van der Waals surface area contributed by atoms with Gasteiger partial charge < -0.3 is 14.4 Å². The zero-order valence-corrected chi connectivity index (χ0v) is 13.6. The highest BCUT2D eigenvalue weighted by Crippen LogP contribution is 2.17. The van der Waals surface area contributed by atoms with E-state index in [1.54, 1.807) is 0 Å². The van der Waals surface area contributed by atoms with Crippen LogP contribution in [0.4, 0.5) is 0 Å². The highest BCUT2D eigenvalue weighted by Gasteiger charge is 2.26. The second kappa shape index (κ2) is 8.71. The van der Waals surface area contributed by atoms with E-state index in [1.165, 1.54) is 0 Å². The molecule has 1 amide bonds. The Morgan fingerprint density at radius 1 is 1.14 bits per heavy atom. The number of carbonyl (C=O) groups excluding carboxylic acids is 1. The number of rotatable bonds is 6. The lowest BCUT2D eigenvalue weighted by molar-refractivity contribution is -0.136. The highest BCUT2D eigenvalue weighted by molar-refractivity contribution is 5.76. The van der Waals surface area contributed by atoms with Crippen molar-refractivity contribution in [3.05, 3.63) is 0 Å². The summed E-state index contributed by atoms with van der Waals surface area (Å²) in [6.45, 7) is 11.2. The summed E-state index contributed by atoms with van der Waals surface area (Å²) < 4.78 is 10.8. The Morgan fingerprint density at radius 2 is 1.76 bits per heavy atom. The lowest BCUT2D eigenvalue weighted by atomic mass is 10.0. The van der Waals surface area contributed by atoms with Crippen LogP contribution < -0.4 is 0 Å². The molecule has 0 aromatic rings. The third-order valence-corrected chi connectivity index (χ3v) is 4.30. The zero-order valence-electron chi connectivity index (χ0n) is 13.6. The predicted octanol–water partition coefficient (Wildman–Crippen LogP) is 1.37. The Kier molecular flexibility index (Phi) is 6.93.